The van der Waals surface area contributed by atoms with E-state index in [0.717, 1.165) is 34.9 Å². The number of carboxylic acid groups (broad SMARTS) is 1. The maximum absolute atomic E-state index is 13.4. The Kier molecular flexibility index (Phi) is 7.71. The first-order chi connectivity index (χ1) is 15.3. The molecule has 6 heteroatoms. The highest BCUT2D eigenvalue weighted by Gasteiger charge is 2.21. The highest BCUT2D eigenvalue weighted by Crippen LogP contribution is 2.21. The van der Waals surface area contributed by atoms with Crippen molar-refractivity contribution in [2.24, 2.45) is 5.92 Å². The number of benzene rings is 3. The van der Waals surface area contributed by atoms with E-state index in [9.17, 15) is 23.5 Å². The number of aliphatic carboxylic acids is 1. The van der Waals surface area contributed by atoms with Crippen molar-refractivity contribution in [2.75, 3.05) is 0 Å². The molecule has 0 radical (unpaired) electrons. The van der Waals surface area contributed by atoms with Crippen LogP contribution in [-0.2, 0) is 22.4 Å². The van der Waals surface area contributed by atoms with Crippen LogP contribution in [0.4, 0.5) is 8.78 Å². The number of carbonyl (C=O) groups is 2. The van der Waals surface area contributed by atoms with Crippen molar-refractivity contribution in [2.45, 2.75) is 32.2 Å². The molecule has 0 aliphatic carbocycles. The normalized spacial score (nSPS) is 12.7. The van der Waals surface area contributed by atoms with Crippen molar-refractivity contribution in [3.05, 3.63) is 95.6 Å². The highest BCUT2D eigenvalue weighted by molar-refractivity contribution is 5.79. The van der Waals surface area contributed by atoms with Crippen molar-refractivity contribution >= 4 is 11.9 Å². The van der Waals surface area contributed by atoms with Gasteiger partial charge in [0.2, 0.25) is 5.91 Å². The van der Waals surface area contributed by atoms with Gasteiger partial charge in [-0.3, -0.25) is 9.59 Å². The van der Waals surface area contributed by atoms with Crippen LogP contribution in [-0.4, -0.2) is 23.0 Å². The van der Waals surface area contributed by atoms with Gasteiger partial charge in [-0.15, -0.1) is 0 Å². The van der Waals surface area contributed by atoms with Gasteiger partial charge < -0.3 is 10.4 Å². The first-order valence-electron chi connectivity index (χ1n) is 10.4. The number of hydrogen-bond acceptors (Lipinski definition) is 2. The second kappa shape index (κ2) is 10.7. The van der Waals surface area contributed by atoms with Crippen LogP contribution in [0.15, 0.2) is 72.8 Å². The van der Waals surface area contributed by atoms with Crippen LogP contribution in [0.3, 0.4) is 0 Å². The van der Waals surface area contributed by atoms with Crippen LogP contribution in [0, 0.1) is 17.6 Å². The summed E-state index contributed by atoms with van der Waals surface area (Å²) in [5.74, 6) is -3.52. The van der Waals surface area contributed by atoms with Gasteiger partial charge in [-0.05, 0) is 47.2 Å². The predicted molar refractivity (Wildman–Crippen MR) is 119 cm³/mol. The van der Waals surface area contributed by atoms with E-state index in [-0.39, 0.29) is 18.4 Å². The molecular weight excluding hydrogens is 412 g/mol. The molecule has 166 valence electrons. The Morgan fingerprint density at radius 2 is 1.47 bits per heavy atom. The lowest BCUT2D eigenvalue weighted by Crippen LogP contribution is -2.39. The fraction of sp³-hybridized carbons (Fsp3) is 0.231. The van der Waals surface area contributed by atoms with Gasteiger partial charge in [-0.1, -0.05) is 61.5 Å². The minimum Gasteiger partial charge on any atom is -0.481 e. The molecule has 0 saturated carbocycles. The fourth-order valence-electron chi connectivity index (χ4n) is 3.65. The number of halogens is 2. The molecule has 3 aromatic carbocycles. The maximum Gasteiger partial charge on any atom is 0.306 e. The van der Waals surface area contributed by atoms with Crippen molar-refractivity contribution in [1.29, 1.82) is 0 Å². The molecule has 0 aliphatic heterocycles. The Morgan fingerprint density at radius 1 is 0.875 bits per heavy atom. The number of hydrogen-bond donors (Lipinski definition) is 2. The zero-order valence-corrected chi connectivity index (χ0v) is 17.7. The van der Waals surface area contributed by atoms with Crippen LogP contribution < -0.4 is 5.32 Å². The van der Waals surface area contributed by atoms with Gasteiger partial charge >= 0.3 is 5.97 Å². The summed E-state index contributed by atoms with van der Waals surface area (Å²) in [6.07, 6.45) is 0.481. The van der Waals surface area contributed by atoms with E-state index >= 15 is 0 Å². The summed E-state index contributed by atoms with van der Waals surface area (Å²) in [5.41, 5.74) is 3.31. The van der Waals surface area contributed by atoms with Gasteiger partial charge in [0.15, 0.2) is 0 Å². The minimum atomic E-state index is -0.948. The molecule has 0 spiro atoms. The molecule has 32 heavy (non-hydrogen) atoms. The predicted octanol–water partition coefficient (Wildman–Crippen LogP) is 5.01. The van der Waals surface area contributed by atoms with E-state index in [1.807, 2.05) is 54.6 Å². The molecule has 3 rings (SSSR count). The minimum absolute atomic E-state index is 0.195. The molecule has 0 bridgehead atoms. The van der Waals surface area contributed by atoms with E-state index in [2.05, 4.69) is 5.32 Å². The molecule has 0 saturated heterocycles. The van der Waals surface area contributed by atoms with Crippen LogP contribution in [0.1, 0.15) is 24.5 Å². The second-order valence-corrected chi connectivity index (χ2v) is 7.96. The van der Waals surface area contributed by atoms with Gasteiger partial charge in [0.05, 0.1) is 12.3 Å². The second-order valence-electron chi connectivity index (χ2n) is 7.96. The van der Waals surface area contributed by atoms with Crippen LogP contribution in [0.5, 0.6) is 0 Å². The molecule has 1 amide bonds. The summed E-state index contributed by atoms with van der Waals surface area (Å²) in [6, 6.07) is 20.3. The number of carboxylic acids is 1. The first kappa shape index (κ1) is 23.1. The Balaban J connectivity index is 1.70. The van der Waals surface area contributed by atoms with Gasteiger partial charge in [0.1, 0.15) is 11.6 Å². The monoisotopic (exact) mass is 437 g/mol. The number of rotatable bonds is 9. The molecule has 0 aliphatic rings. The highest BCUT2D eigenvalue weighted by atomic mass is 19.1. The SMILES string of the molecule is C[C@H](CC(Cc1ccc(-c2ccccc2)cc1)NC(=O)Cc1cc(F)cc(F)c1)C(=O)O. The van der Waals surface area contributed by atoms with E-state index in [1.165, 1.54) is 0 Å². The standard InChI is InChI=1S/C26H25F2NO3/c1-17(26(31)32)11-24(29-25(30)15-19-12-22(27)16-23(28)13-19)14-18-7-9-21(10-8-18)20-5-3-2-4-6-20/h2-10,12-13,16-17,24H,11,14-15H2,1H3,(H,29,30)(H,31,32)/t17-,24?/m1/s1. The number of carbonyl (C=O) groups excluding carboxylic acids is 1. The molecule has 0 fully saturated rings. The van der Waals surface area contributed by atoms with E-state index in [1.54, 1.807) is 6.92 Å². The summed E-state index contributed by atoms with van der Waals surface area (Å²) in [4.78, 5) is 23.9. The summed E-state index contributed by atoms with van der Waals surface area (Å²) < 4.78 is 26.8. The molecule has 4 nitrogen and oxygen atoms in total. The van der Waals surface area contributed by atoms with Gasteiger partial charge in [-0.2, -0.15) is 0 Å². The zero-order valence-electron chi connectivity index (χ0n) is 17.7. The third kappa shape index (κ3) is 6.74. The van der Waals surface area contributed by atoms with Crippen LogP contribution >= 0.6 is 0 Å². The lowest BCUT2D eigenvalue weighted by Gasteiger charge is -2.21. The average molecular weight is 437 g/mol. The first-order valence-corrected chi connectivity index (χ1v) is 10.4. The molecule has 2 N–H and O–H groups in total. The van der Waals surface area contributed by atoms with Crippen LogP contribution in [0.25, 0.3) is 11.1 Å². The van der Waals surface area contributed by atoms with Crippen molar-refractivity contribution in [3.8, 4) is 11.1 Å². The molecule has 1 unspecified atom stereocenters. The zero-order chi connectivity index (χ0) is 23.1. The van der Waals surface area contributed by atoms with Crippen molar-refractivity contribution < 1.29 is 23.5 Å². The molecule has 0 aromatic heterocycles. The van der Waals surface area contributed by atoms with Gasteiger partial charge in [0, 0.05) is 12.1 Å². The van der Waals surface area contributed by atoms with Gasteiger partial charge in [0.25, 0.3) is 0 Å². The van der Waals surface area contributed by atoms with E-state index < -0.39 is 35.5 Å². The third-order valence-electron chi connectivity index (χ3n) is 5.25. The third-order valence-corrected chi connectivity index (χ3v) is 5.25. The van der Waals surface area contributed by atoms with Crippen molar-refractivity contribution in [3.63, 3.8) is 0 Å². The Hall–Kier alpha value is -3.54. The van der Waals surface area contributed by atoms with E-state index in [4.69, 9.17) is 0 Å². The molecule has 3 aromatic rings. The smallest absolute Gasteiger partial charge is 0.306 e. The Labute approximate surface area is 185 Å². The lowest BCUT2D eigenvalue weighted by atomic mass is 9.94. The average Bonchev–Trinajstić information content (AvgIpc) is 2.74. The van der Waals surface area contributed by atoms with Crippen molar-refractivity contribution in [1.82, 2.24) is 5.32 Å². The Bertz CT molecular complexity index is 1050. The molecule has 0 heterocycles. The number of nitrogens with one attached hydrogen (secondary N) is 1. The summed E-state index contributed by atoms with van der Waals surface area (Å²) >= 11 is 0. The van der Waals surface area contributed by atoms with E-state index in [0.29, 0.717) is 6.42 Å². The quantitative estimate of drug-likeness (QED) is 0.494. The Morgan fingerprint density at radius 3 is 2.06 bits per heavy atom. The molecule has 2 atom stereocenters. The summed E-state index contributed by atoms with van der Waals surface area (Å²) in [7, 11) is 0. The van der Waals surface area contributed by atoms with Crippen LogP contribution in [0.2, 0.25) is 0 Å². The maximum atomic E-state index is 13.4. The lowest BCUT2D eigenvalue weighted by molar-refractivity contribution is -0.141. The fourth-order valence-corrected chi connectivity index (χ4v) is 3.65. The summed E-state index contributed by atoms with van der Waals surface area (Å²) in [6.45, 7) is 1.59. The summed E-state index contributed by atoms with van der Waals surface area (Å²) in [5, 5.41) is 12.1. The topological polar surface area (TPSA) is 66.4 Å². The largest absolute Gasteiger partial charge is 0.481 e. The number of amides is 1. The van der Waals surface area contributed by atoms with Gasteiger partial charge in [-0.25, -0.2) is 8.78 Å². The molecular formula is C26H25F2NO3.